The van der Waals surface area contributed by atoms with Crippen molar-refractivity contribution >= 4 is 5.91 Å². The molecule has 0 aliphatic carbocycles. The second-order valence-corrected chi connectivity index (χ2v) is 2.98. The predicted molar refractivity (Wildman–Crippen MR) is 40.1 cm³/mol. The Bertz CT molecular complexity index is 204. The zero-order chi connectivity index (χ0) is 10.1. The van der Waals surface area contributed by atoms with Crippen LogP contribution in [-0.4, -0.2) is 42.7 Å². The zero-order valence-corrected chi connectivity index (χ0v) is 7.19. The molecule has 0 bridgehead atoms. The topological polar surface area (TPSA) is 32.3 Å². The summed E-state index contributed by atoms with van der Waals surface area (Å²) in [5.74, 6) is -0.490. The lowest BCUT2D eigenvalue weighted by atomic mass is 10.2. The highest BCUT2D eigenvalue weighted by Crippen LogP contribution is 2.24. The summed E-state index contributed by atoms with van der Waals surface area (Å²) in [5, 5.41) is 2.71. The van der Waals surface area contributed by atoms with Gasteiger partial charge in [-0.3, -0.25) is 4.79 Å². The van der Waals surface area contributed by atoms with Crippen LogP contribution in [0.25, 0.3) is 0 Å². The average molecular weight is 196 g/mol. The number of alkyl halides is 3. The van der Waals surface area contributed by atoms with E-state index in [1.807, 2.05) is 0 Å². The Morgan fingerprint density at radius 2 is 2.15 bits per heavy atom. The first kappa shape index (κ1) is 10.3. The van der Waals surface area contributed by atoms with E-state index < -0.39 is 18.1 Å². The summed E-state index contributed by atoms with van der Waals surface area (Å²) in [4.78, 5) is 11.9. The number of carbonyl (C=O) groups is 1. The van der Waals surface area contributed by atoms with Crippen LogP contribution in [0.5, 0.6) is 0 Å². The van der Waals surface area contributed by atoms with Gasteiger partial charge in [-0.05, 0) is 6.92 Å². The smallest absolute Gasteiger partial charge is 0.328 e. The van der Waals surface area contributed by atoms with Crippen LogP contribution in [0.1, 0.15) is 6.92 Å². The van der Waals surface area contributed by atoms with Gasteiger partial charge in [0.1, 0.15) is 6.04 Å². The Hall–Kier alpha value is -0.780. The van der Waals surface area contributed by atoms with Crippen LogP contribution in [0.4, 0.5) is 13.2 Å². The van der Waals surface area contributed by atoms with Crippen molar-refractivity contribution in [3.63, 3.8) is 0 Å². The standard InChI is InChI=1S/C7H11F3N2O/c1-5(7(8,9)10)12-3-2-11-4-6(12)13/h5,11H,2-4H2,1H3/t5-/m0/s1. The molecule has 0 unspecified atom stereocenters. The molecule has 1 saturated heterocycles. The molecular weight excluding hydrogens is 185 g/mol. The summed E-state index contributed by atoms with van der Waals surface area (Å²) < 4.78 is 36.6. The van der Waals surface area contributed by atoms with Crippen molar-refractivity contribution in [2.24, 2.45) is 0 Å². The Labute approximate surface area is 73.9 Å². The maximum absolute atomic E-state index is 12.2. The third-order valence-electron chi connectivity index (χ3n) is 2.07. The van der Waals surface area contributed by atoms with E-state index >= 15 is 0 Å². The Kier molecular flexibility index (Phi) is 2.80. The molecule has 0 aromatic heterocycles. The van der Waals surface area contributed by atoms with Gasteiger partial charge in [-0.15, -0.1) is 0 Å². The molecule has 1 fully saturated rings. The number of hydrogen-bond acceptors (Lipinski definition) is 2. The summed E-state index contributed by atoms with van der Waals surface area (Å²) in [6.07, 6.45) is -4.33. The van der Waals surface area contributed by atoms with Crippen molar-refractivity contribution < 1.29 is 18.0 Å². The number of halogens is 3. The van der Waals surface area contributed by atoms with Crippen LogP contribution in [-0.2, 0) is 4.79 Å². The van der Waals surface area contributed by atoms with E-state index in [1.165, 1.54) is 0 Å². The molecule has 1 rings (SSSR count). The molecule has 0 aromatic carbocycles. The highest BCUT2D eigenvalue weighted by Gasteiger charge is 2.42. The molecule has 1 aliphatic heterocycles. The molecule has 3 nitrogen and oxygen atoms in total. The van der Waals surface area contributed by atoms with E-state index in [0.29, 0.717) is 6.54 Å². The molecule has 76 valence electrons. The fraction of sp³-hybridized carbons (Fsp3) is 0.857. The van der Waals surface area contributed by atoms with Gasteiger partial charge in [0.25, 0.3) is 0 Å². The lowest BCUT2D eigenvalue weighted by Gasteiger charge is -2.33. The van der Waals surface area contributed by atoms with Gasteiger partial charge in [0.15, 0.2) is 0 Å². The number of carbonyl (C=O) groups excluding carboxylic acids is 1. The molecular formula is C7H11F3N2O. The van der Waals surface area contributed by atoms with E-state index in [-0.39, 0.29) is 13.1 Å². The second-order valence-electron chi connectivity index (χ2n) is 2.98. The number of hydrogen-bond donors (Lipinski definition) is 1. The molecule has 6 heteroatoms. The maximum Gasteiger partial charge on any atom is 0.408 e. The van der Waals surface area contributed by atoms with Crippen LogP contribution in [0.3, 0.4) is 0 Å². The Morgan fingerprint density at radius 3 is 2.62 bits per heavy atom. The molecule has 0 radical (unpaired) electrons. The van der Waals surface area contributed by atoms with E-state index in [1.54, 1.807) is 0 Å². The van der Waals surface area contributed by atoms with Gasteiger partial charge >= 0.3 is 6.18 Å². The number of piperazine rings is 1. The highest BCUT2D eigenvalue weighted by atomic mass is 19.4. The van der Waals surface area contributed by atoms with Gasteiger partial charge in [0.05, 0.1) is 6.54 Å². The van der Waals surface area contributed by atoms with Gasteiger partial charge in [-0.1, -0.05) is 0 Å². The average Bonchev–Trinajstić information content (AvgIpc) is 2.02. The third-order valence-corrected chi connectivity index (χ3v) is 2.07. The van der Waals surface area contributed by atoms with Crippen molar-refractivity contribution in [1.82, 2.24) is 10.2 Å². The van der Waals surface area contributed by atoms with E-state index in [4.69, 9.17) is 0 Å². The van der Waals surface area contributed by atoms with Crippen molar-refractivity contribution in [1.29, 1.82) is 0 Å². The molecule has 1 heterocycles. The van der Waals surface area contributed by atoms with Gasteiger partial charge in [0, 0.05) is 13.1 Å². The fourth-order valence-corrected chi connectivity index (χ4v) is 1.21. The molecule has 0 aromatic rings. The Morgan fingerprint density at radius 1 is 1.54 bits per heavy atom. The van der Waals surface area contributed by atoms with Crippen LogP contribution >= 0.6 is 0 Å². The molecule has 1 aliphatic rings. The molecule has 13 heavy (non-hydrogen) atoms. The minimum absolute atomic E-state index is 0.000417. The summed E-state index contributed by atoms with van der Waals surface area (Å²) in [7, 11) is 0. The summed E-state index contributed by atoms with van der Waals surface area (Å²) in [5.41, 5.74) is 0. The molecule has 1 amide bonds. The van der Waals surface area contributed by atoms with Gasteiger partial charge in [-0.25, -0.2) is 0 Å². The molecule has 0 spiro atoms. The highest BCUT2D eigenvalue weighted by molar-refractivity contribution is 5.79. The first-order valence-electron chi connectivity index (χ1n) is 4.00. The molecule has 0 saturated carbocycles. The van der Waals surface area contributed by atoms with Gasteiger partial charge in [-0.2, -0.15) is 13.2 Å². The SMILES string of the molecule is C[C@H](N1CCNCC1=O)C(F)(F)F. The predicted octanol–water partition coefficient (Wildman–Crippen LogP) is 0.369. The lowest BCUT2D eigenvalue weighted by Crippen LogP contribution is -2.55. The fourth-order valence-electron chi connectivity index (χ4n) is 1.21. The molecule has 1 N–H and O–H groups in total. The number of rotatable bonds is 1. The monoisotopic (exact) mass is 196 g/mol. The van der Waals surface area contributed by atoms with Crippen LogP contribution in [0, 0.1) is 0 Å². The first-order valence-corrected chi connectivity index (χ1v) is 4.00. The minimum Gasteiger partial charge on any atom is -0.328 e. The summed E-state index contributed by atoms with van der Waals surface area (Å²) >= 11 is 0. The quantitative estimate of drug-likeness (QED) is 0.657. The van der Waals surface area contributed by atoms with E-state index in [9.17, 15) is 18.0 Å². The van der Waals surface area contributed by atoms with Crippen molar-refractivity contribution in [3.8, 4) is 0 Å². The zero-order valence-electron chi connectivity index (χ0n) is 7.19. The van der Waals surface area contributed by atoms with Gasteiger partial charge in [0.2, 0.25) is 5.91 Å². The summed E-state index contributed by atoms with van der Waals surface area (Å²) in [6, 6.07) is -1.68. The van der Waals surface area contributed by atoms with Crippen molar-refractivity contribution in [3.05, 3.63) is 0 Å². The van der Waals surface area contributed by atoms with Crippen LogP contribution in [0.2, 0.25) is 0 Å². The van der Waals surface area contributed by atoms with Crippen molar-refractivity contribution in [2.45, 2.75) is 19.1 Å². The van der Waals surface area contributed by atoms with E-state index in [2.05, 4.69) is 5.32 Å². The largest absolute Gasteiger partial charge is 0.408 e. The number of amides is 1. The number of nitrogens with zero attached hydrogens (tertiary/aromatic N) is 1. The first-order chi connectivity index (χ1) is 5.93. The third kappa shape index (κ3) is 2.33. The second kappa shape index (κ2) is 3.53. The van der Waals surface area contributed by atoms with Gasteiger partial charge < -0.3 is 10.2 Å². The van der Waals surface area contributed by atoms with Crippen molar-refractivity contribution in [2.75, 3.05) is 19.6 Å². The number of nitrogens with one attached hydrogen (secondary N) is 1. The Balaban J connectivity index is 2.64. The van der Waals surface area contributed by atoms with Crippen LogP contribution < -0.4 is 5.32 Å². The maximum atomic E-state index is 12.2. The lowest BCUT2D eigenvalue weighted by molar-refractivity contribution is -0.186. The van der Waals surface area contributed by atoms with E-state index in [0.717, 1.165) is 11.8 Å². The minimum atomic E-state index is -4.33. The molecule has 1 atom stereocenters. The normalized spacial score (nSPS) is 21.8. The summed E-state index contributed by atoms with van der Waals surface area (Å²) in [6.45, 7) is 1.55. The van der Waals surface area contributed by atoms with Crippen LogP contribution in [0.15, 0.2) is 0 Å².